The quantitative estimate of drug-likeness (QED) is 0.701. The fourth-order valence-corrected chi connectivity index (χ4v) is 4.97. The summed E-state index contributed by atoms with van der Waals surface area (Å²) in [5, 5.41) is 2.00. The number of thiophene rings is 1. The van der Waals surface area contributed by atoms with Crippen molar-refractivity contribution in [2.75, 3.05) is 20.2 Å². The number of amides is 2. The summed E-state index contributed by atoms with van der Waals surface area (Å²) in [6, 6.07) is 11.9. The van der Waals surface area contributed by atoms with Crippen LogP contribution in [0.15, 0.2) is 47.9 Å². The Balaban J connectivity index is 1.40. The highest BCUT2D eigenvalue weighted by atomic mass is 32.1. The lowest BCUT2D eigenvalue weighted by Gasteiger charge is -2.45. The van der Waals surface area contributed by atoms with E-state index in [1.807, 2.05) is 52.8 Å². The number of carbonyl (C=O) groups is 2. The molecule has 0 unspecified atom stereocenters. The van der Waals surface area contributed by atoms with Crippen molar-refractivity contribution in [1.29, 1.82) is 0 Å². The van der Waals surface area contributed by atoms with E-state index in [0.29, 0.717) is 26.1 Å². The van der Waals surface area contributed by atoms with Crippen LogP contribution < -0.4 is 4.74 Å². The van der Waals surface area contributed by atoms with Crippen molar-refractivity contribution < 1.29 is 14.3 Å². The molecule has 2 saturated heterocycles. The van der Waals surface area contributed by atoms with Crippen molar-refractivity contribution in [2.45, 2.75) is 37.8 Å². The molecule has 1 aromatic carbocycles. The van der Waals surface area contributed by atoms with Crippen LogP contribution in [0.4, 0.5) is 0 Å². The number of benzene rings is 1. The zero-order chi connectivity index (χ0) is 20.3. The van der Waals surface area contributed by atoms with Gasteiger partial charge in [-0.3, -0.25) is 9.59 Å². The Bertz CT molecular complexity index is 881. The lowest BCUT2D eigenvalue weighted by atomic mass is 9.84. The minimum absolute atomic E-state index is 0.0549. The molecule has 2 aliphatic rings. The molecule has 1 aromatic heterocycles. The van der Waals surface area contributed by atoms with Gasteiger partial charge >= 0.3 is 0 Å². The summed E-state index contributed by atoms with van der Waals surface area (Å²) in [5.74, 6) is 1.09. The van der Waals surface area contributed by atoms with Crippen LogP contribution in [0.25, 0.3) is 6.08 Å². The third-order valence-corrected chi connectivity index (χ3v) is 6.95. The number of carbonyl (C=O) groups excluding carboxylic acids is 2. The molecule has 0 atom stereocenters. The lowest BCUT2D eigenvalue weighted by molar-refractivity contribution is -0.135. The van der Waals surface area contributed by atoms with Crippen molar-refractivity contribution >= 4 is 29.2 Å². The summed E-state index contributed by atoms with van der Waals surface area (Å²) < 4.78 is 5.22. The summed E-state index contributed by atoms with van der Waals surface area (Å²) in [7, 11) is 1.65. The maximum absolute atomic E-state index is 12.6. The number of ether oxygens (including phenoxy) is 1. The fourth-order valence-electron chi connectivity index (χ4n) is 4.35. The molecule has 0 aliphatic carbocycles. The smallest absolute Gasteiger partial charge is 0.246 e. The topological polar surface area (TPSA) is 49.9 Å². The summed E-state index contributed by atoms with van der Waals surface area (Å²) >= 11 is 1.62. The summed E-state index contributed by atoms with van der Waals surface area (Å²) in [4.78, 5) is 30.2. The third-order valence-electron chi connectivity index (χ3n) is 6.12. The van der Waals surface area contributed by atoms with Gasteiger partial charge in [0.2, 0.25) is 11.8 Å². The number of likely N-dealkylation sites (tertiary alicyclic amines) is 2. The average molecular weight is 411 g/mol. The molecule has 6 heteroatoms. The summed E-state index contributed by atoms with van der Waals surface area (Å²) in [6.07, 6.45) is 6.71. The second-order valence-electron chi connectivity index (χ2n) is 7.73. The molecule has 5 nitrogen and oxygen atoms in total. The Morgan fingerprint density at radius 2 is 1.93 bits per heavy atom. The van der Waals surface area contributed by atoms with Gasteiger partial charge in [0.25, 0.3) is 0 Å². The third kappa shape index (κ3) is 4.22. The second kappa shape index (κ2) is 8.41. The SMILES string of the molecule is COc1ccc(CN2C(=O)CCC23CCN(C(=O)/C=C/c2cccs2)CC3)cc1. The molecule has 1 spiro atoms. The van der Waals surface area contributed by atoms with Crippen LogP contribution in [0, 0.1) is 0 Å². The van der Waals surface area contributed by atoms with Gasteiger partial charge in [0.05, 0.1) is 7.11 Å². The van der Waals surface area contributed by atoms with E-state index in [0.717, 1.165) is 35.5 Å². The van der Waals surface area contributed by atoms with E-state index in [-0.39, 0.29) is 17.4 Å². The van der Waals surface area contributed by atoms with E-state index in [1.165, 1.54) is 0 Å². The van der Waals surface area contributed by atoms with Crippen LogP contribution in [0.5, 0.6) is 5.75 Å². The molecule has 0 saturated carbocycles. The zero-order valence-electron chi connectivity index (χ0n) is 16.7. The first-order valence-corrected chi connectivity index (χ1v) is 10.9. The highest BCUT2D eigenvalue weighted by Crippen LogP contribution is 2.40. The van der Waals surface area contributed by atoms with Crippen LogP contribution in [-0.2, 0) is 16.1 Å². The Hall–Kier alpha value is -2.60. The Morgan fingerprint density at radius 3 is 2.59 bits per heavy atom. The number of hydrogen-bond donors (Lipinski definition) is 0. The van der Waals surface area contributed by atoms with Crippen molar-refractivity contribution in [2.24, 2.45) is 0 Å². The minimum atomic E-state index is -0.120. The Morgan fingerprint density at radius 1 is 1.17 bits per heavy atom. The predicted molar refractivity (Wildman–Crippen MR) is 115 cm³/mol. The largest absolute Gasteiger partial charge is 0.497 e. The van der Waals surface area contributed by atoms with Gasteiger partial charge in [-0.25, -0.2) is 0 Å². The molecule has 2 aliphatic heterocycles. The number of methoxy groups -OCH3 is 1. The standard InChI is InChI=1S/C23H26N2O3S/c1-28-19-6-4-18(5-7-19)17-25-22(27)10-11-23(25)12-14-24(15-13-23)21(26)9-8-20-3-2-16-29-20/h2-9,16H,10-15,17H2,1H3/b9-8+. The molecule has 2 amide bonds. The highest BCUT2D eigenvalue weighted by Gasteiger charge is 2.47. The van der Waals surface area contributed by atoms with Crippen molar-refractivity contribution in [1.82, 2.24) is 9.80 Å². The van der Waals surface area contributed by atoms with Crippen LogP contribution in [0.2, 0.25) is 0 Å². The van der Waals surface area contributed by atoms with Gasteiger partial charge in [-0.1, -0.05) is 18.2 Å². The highest BCUT2D eigenvalue weighted by molar-refractivity contribution is 7.10. The maximum Gasteiger partial charge on any atom is 0.246 e. The van der Waals surface area contributed by atoms with E-state index in [9.17, 15) is 9.59 Å². The molecule has 3 heterocycles. The molecule has 2 aromatic rings. The van der Waals surface area contributed by atoms with E-state index < -0.39 is 0 Å². The summed E-state index contributed by atoms with van der Waals surface area (Å²) in [6.45, 7) is 2.01. The first kappa shape index (κ1) is 19.7. The summed E-state index contributed by atoms with van der Waals surface area (Å²) in [5.41, 5.74) is 0.989. The van der Waals surface area contributed by atoms with Crippen LogP contribution in [0.1, 0.15) is 36.1 Å². The molecular weight excluding hydrogens is 384 g/mol. The van der Waals surface area contributed by atoms with Crippen molar-refractivity contribution in [3.8, 4) is 5.75 Å². The lowest BCUT2D eigenvalue weighted by Crippen LogP contribution is -2.53. The van der Waals surface area contributed by atoms with Gasteiger partial charge in [-0.2, -0.15) is 0 Å². The predicted octanol–water partition coefficient (Wildman–Crippen LogP) is 3.95. The molecule has 0 N–H and O–H groups in total. The van der Waals surface area contributed by atoms with Gasteiger partial charge < -0.3 is 14.5 Å². The maximum atomic E-state index is 12.6. The van der Waals surface area contributed by atoms with Gasteiger partial charge in [0.15, 0.2) is 0 Å². The minimum Gasteiger partial charge on any atom is -0.497 e. The number of piperidine rings is 1. The van der Waals surface area contributed by atoms with Crippen LogP contribution in [0.3, 0.4) is 0 Å². The monoisotopic (exact) mass is 410 g/mol. The van der Waals surface area contributed by atoms with E-state index in [1.54, 1.807) is 24.5 Å². The molecule has 4 rings (SSSR count). The van der Waals surface area contributed by atoms with Gasteiger partial charge in [-0.05, 0) is 54.5 Å². The number of rotatable bonds is 5. The molecule has 0 bridgehead atoms. The number of hydrogen-bond acceptors (Lipinski definition) is 4. The number of nitrogens with zero attached hydrogens (tertiary/aromatic N) is 2. The Labute approximate surface area is 175 Å². The first-order chi connectivity index (χ1) is 14.1. The molecule has 2 fully saturated rings. The van der Waals surface area contributed by atoms with E-state index >= 15 is 0 Å². The van der Waals surface area contributed by atoms with Gasteiger partial charge in [0.1, 0.15) is 5.75 Å². The van der Waals surface area contributed by atoms with Crippen molar-refractivity contribution in [3.63, 3.8) is 0 Å². The fraction of sp³-hybridized carbons (Fsp3) is 0.391. The zero-order valence-corrected chi connectivity index (χ0v) is 17.5. The van der Waals surface area contributed by atoms with Crippen molar-refractivity contribution in [3.05, 3.63) is 58.3 Å². The van der Waals surface area contributed by atoms with Crippen LogP contribution >= 0.6 is 11.3 Å². The normalized spacial score (nSPS) is 18.7. The van der Waals surface area contributed by atoms with Crippen LogP contribution in [-0.4, -0.2) is 47.4 Å². The molecule has 0 radical (unpaired) electrons. The van der Waals surface area contributed by atoms with Gasteiger partial charge in [0, 0.05) is 42.5 Å². The second-order valence-corrected chi connectivity index (χ2v) is 8.71. The first-order valence-electron chi connectivity index (χ1n) is 10.0. The Kier molecular flexibility index (Phi) is 5.72. The molecule has 152 valence electrons. The average Bonchev–Trinajstić information content (AvgIpc) is 3.38. The molecular formula is C23H26N2O3S. The van der Waals surface area contributed by atoms with Gasteiger partial charge in [-0.15, -0.1) is 11.3 Å². The molecule has 29 heavy (non-hydrogen) atoms. The van der Waals surface area contributed by atoms with E-state index in [2.05, 4.69) is 4.90 Å². The van der Waals surface area contributed by atoms with E-state index in [4.69, 9.17) is 4.74 Å².